The number of fused-ring (bicyclic) bond motifs is 1. The molecule has 0 spiro atoms. The van der Waals surface area contributed by atoms with Gasteiger partial charge in [0.2, 0.25) is 5.91 Å². The first kappa shape index (κ1) is 16.1. The summed E-state index contributed by atoms with van der Waals surface area (Å²) < 4.78 is 0. The highest BCUT2D eigenvalue weighted by Gasteiger charge is 2.12. The molecule has 3 rings (SSSR count). The lowest BCUT2D eigenvalue weighted by molar-refractivity contribution is -0.122. The van der Waals surface area contributed by atoms with E-state index in [4.69, 9.17) is 0 Å². The van der Waals surface area contributed by atoms with E-state index < -0.39 is 0 Å². The summed E-state index contributed by atoms with van der Waals surface area (Å²) >= 11 is 0. The molecule has 1 saturated heterocycles. The Kier molecular flexibility index (Phi) is 5.70. The molecule has 4 heteroatoms. The molecule has 1 fully saturated rings. The van der Waals surface area contributed by atoms with Gasteiger partial charge in [0.15, 0.2) is 0 Å². The number of carbonyl (C=O) groups is 1. The first-order valence-corrected chi connectivity index (χ1v) is 8.87. The van der Waals surface area contributed by atoms with Crippen molar-refractivity contribution in [3.63, 3.8) is 0 Å². The fraction of sp³-hybridized carbons (Fsp3) is 0.526. The van der Waals surface area contributed by atoms with E-state index in [-0.39, 0.29) is 5.91 Å². The largest absolute Gasteiger partial charge is 0.361 e. The van der Waals surface area contributed by atoms with Crippen LogP contribution < -0.4 is 5.32 Å². The summed E-state index contributed by atoms with van der Waals surface area (Å²) in [5.74, 6) is 0.158. The Bertz CT molecular complexity index is 626. The predicted molar refractivity (Wildman–Crippen MR) is 94.5 cm³/mol. The number of amides is 1. The SMILES string of the molecule is O=C(CN1CCCCCCC1)NCCc1c[nH]c2ccccc12. The standard InChI is InChI=1S/C19H27N3O/c23-19(15-22-12-6-2-1-3-7-13-22)20-11-10-16-14-21-18-9-5-4-8-17(16)18/h4-5,8-9,14,21H,1-3,6-7,10-13,15H2,(H,20,23). The molecule has 1 amide bonds. The number of nitrogens with zero attached hydrogens (tertiary/aromatic N) is 1. The van der Waals surface area contributed by atoms with Gasteiger partial charge in [-0.1, -0.05) is 37.5 Å². The number of likely N-dealkylation sites (tertiary alicyclic amines) is 1. The van der Waals surface area contributed by atoms with Crippen LogP contribution in [0.3, 0.4) is 0 Å². The maximum Gasteiger partial charge on any atom is 0.234 e. The average Bonchev–Trinajstić information content (AvgIpc) is 2.93. The number of carbonyl (C=O) groups excluding carboxylic acids is 1. The van der Waals surface area contributed by atoms with Gasteiger partial charge in [0.1, 0.15) is 0 Å². The minimum atomic E-state index is 0.158. The molecular formula is C19H27N3O. The third-order valence-electron chi connectivity index (χ3n) is 4.71. The van der Waals surface area contributed by atoms with Crippen molar-refractivity contribution in [3.05, 3.63) is 36.0 Å². The van der Waals surface area contributed by atoms with E-state index in [1.165, 1.54) is 43.1 Å². The van der Waals surface area contributed by atoms with Crippen molar-refractivity contribution in [1.82, 2.24) is 15.2 Å². The van der Waals surface area contributed by atoms with Crippen LogP contribution in [0.2, 0.25) is 0 Å². The van der Waals surface area contributed by atoms with Crippen LogP contribution in [-0.4, -0.2) is 42.0 Å². The minimum Gasteiger partial charge on any atom is -0.361 e. The van der Waals surface area contributed by atoms with Gasteiger partial charge >= 0.3 is 0 Å². The lowest BCUT2D eigenvalue weighted by atomic mass is 10.1. The number of benzene rings is 1. The zero-order chi connectivity index (χ0) is 15.9. The Hall–Kier alpha value is -1.81. The monoisotopic (exact) mass is 313 g/mol. The van der Waals surface area contributed by atoms with Gasteiger partial charge in [0, 0.05) is 23.6 Å². The van der Waals surface area contributed by atoms with Gasteiger partial charge < -0.3 is 10.3 Å². The zero-order valence-corrected chi connectivity index (χ0v) is 13.8. The van der Waals surface area contributed by atoms with Crippen molar-refractivity contribution in [1.29, 1.82) is 0 Å². The van der Waals surface area contributed by atoms with E-state index >= 15 is 0 Å². The van der Waals surface area contributed by atoms with Gasteiger partial charge in [-0.3, -0.25) is 9.69 Å². The van der Waals surface area contributed by atoms with E-state index in [1.807, 2.05) is 6.07 Å². The minimum absolute atomic E-state index is 0.158. The molecule has 1 aromatic heterocycles. The molecule has 124 valence electrons. The Balaban J connectivity index is 1.43. The summed E-state index contributed by atoms with van der Waals surface area (Å²) in [6.07, 6.45) is 9.33. The molecule has 1 aromatic carbocycles. The average molecular weight is 313 g/mol. The number of para-hydroxylation sites is 1. The molecule has 1 aliphatic rings. The lowest BCUT2D eigenvalue weighted by Gasteiger charge is -2.23. The van der Waals surface area contributed by atoms with Gasteiger partial charge in [-0.2, -0.15) is 0 Å². The van der Waals surface area contributed by atoms with Crippen LogP contribution in [0.15, 0.2) is 30.5 Å². The number of H-pyrrole nitrogens is 1. The summed E-state index contributed by atoms with van der Waals surface area (Å²) in [6, 6.07) is 8.30. The van der Waals surface area contributed by atoms with Gasteiger partial charge in [0.05, 0.1) is 6.54 Å². The molecule has 23 heavy (non-hydrogen) atoms. The van der Waals surface area contributed by atoms with Crippen LogP contribution in [0.25, 0.3) is 10.9 Å². The summed E-state index contributed by atoms with van der Waals surface area (Å²) in [5, 5.41) is 4.33. The predicted octanol–water partition coefficient (Wildman–Crippen LogP) is 3.09. The van der Waals surface area contributed by atoms with Gasteiger partial charge in [-0.05, 0) is 44.0 Å². The second-order valence-electron chi connectivity index (χ2n) is 6.50. The molecule has 0 aliphatic carbocycles. The molecule has 0 unspecified atom stereocenters. The normalized spacial score (nSPS) is 16.9. The number of hydrogen-bond acceptors (Lipinski definition) is 2. The second-order valence-corrected chi connectivity index (χ2v) is 6.50. The molecule has 0 saturated carbocycles. The summed E-state index contributed by atoms with van der Waals surface area (Å²) in [7, 11) is 0. The summed E-state index contributed by atoms with van der Waals surface area (Å²) in [4.78, 5) is 17.7. The number of aromatic nitrogens is 1. The smallest absolute Gasteiger partial charge is 0.234 e. The van der Waals surface area contributed by atoms with Crippen molar-refractivity contribution >= 4 is 16.8 Å². The van der Waals surface area contributed by atoms with Crippen LogP contribution in [-0.2, 0) is 11.2 Å². The van der Waals surface area contributed by atoms with E-state index in [9.17, 15) is 4.79 Å². The highest BCUT2D eigenvalue weighted by atomic mass is 16.2. The van der Waals surface area contributed by atoms with Crippen molar-refractivity contribution in [2.45, 2.75) is 38.5 Å². The maximum absolute atomic E-state index is 12.1. The quantitative estimate of drug-likeness (QED) is 0.891. The van der Waals surface area contributed by atoms with Gasteiger partial charge in [0.25, 0.3) is 0 Å². The van der Waals surface area contributed by atoms with E-state index in [1.54, 1.807) is 0 Å². The fourth-order valence-corrected chi connectivity index (χ4v) is 3.41. The highest BCUT2D eigenvalue weighted by Crippen LogP contribution is 2.17. The zero-order valence-electron chi connectivity index (χ0n) is 13.8. The molecular weight excluding hydrogens is 286 g/mol. The molecule has 1 aliphatic heterocycles. The van der Waals surface area contributed by atoms with Crippen LogP contribution >= 0.6 is 0 Å². The number of aromatic amines is 1. The van der Waals surface area contributed by atoms with Gasteiger partial charge in [-0.25, -0.2) is 0 Å². The van der Waals surface area contributed by atoms with Crippen LogP contribution in [0.4, 0.5) is 0 Å². The van der Waals surface area contributed by atoms with E-state index in [0.717, 1.165) is 25.0 Å². The van der Waals surface area contributed by atoms with E-state index in [0.29, 0.717) is 13.1 Å². The molecule has 4 nitrogen and oxygen atoms in total. The van der Waals surface area contributed by atoms with Crippen molar-refractivity contribution in [2.24, 2.45) is 0 Å². The van der Waals surface area contributed by atoms with Crippen LogP contribution in [0, 0.1) is 0 Å². The summed E-state index contributed by atoms with van der Waals surface area (Å²) in [5.41, 5.74) is 2.43. The molecule has 0 atom stereocenters. The molecule has 2 heterocycles. The number of nitrogens with one attached hydrogen (secondary N) is 2. The first-order valence-electron chi connectivity index (χ1n) is 8.87. The first-order chi connectivity index (χ1) is 11.3. The Morgan fingerprint density at radius 1 is 1.09 bits per heavy atom. The molecule has 0 bridgehead atoms. The fourth-order valence-electron chi connectivity index (χ4n) is 3.41. The van der Waals surface area contributed by atoms with Crippen LogP contribution in [0.1, 0.15) is 37.7 Å². The third kappa shape index (κ3) is 4.58. The highest BCUT2D eigenvalue weighted by molar-refractivity contribution is 5.83. The molecule has 2 N–H and O–H groups in total. The number of hydrogen-bond donors (Lipinski definition) is 2. The summed E-state index contributed by atoms with van der Waals surface area (Å²) in [6.45, 7) is 3.38. The number of rotatable bonds is 5. The van der Waals surface area contributed by atoms with Crippen molar-refractivity contribution < 1.29 is 4.79 Å². The van der Waals surface area contributed by atoms with Crippen molar-refractivity contribution in [2.75, 3.05) is 26.2 Å². The Labute approximate surface area is 138 Å². The lowest BCUT2D eigenvalue weighted by Crippen LogP contribution is -2.39. The van der Waals surface area contributed by atoms with Crippen molar-refractivity contribution in [3.8, 4) is 0 Å². The Morgan fingerprint density at radius 3 is 2.65 bits per heavy atom. The topological polar surface area (TPSA) is 48.1 Å². The van der Waals surface area contributed by atoms with Gasteiger partial charge in [-0.15, -0.1) is 0 Å². The van der Waals surface area contributed by atoms with Crippen LogP contribution in [0.5, 0.6) is 0 Å². The van der Waals surface area contributed by atoms with E-state index in [2.05, 4.69) is 39.6 Å². The molecule has 0 radical (unpaired) electrons. The Morgan fingerprint density at radius 2 is 1.83 bits per heavy atom. The molecule has 2 aromatic rings. The second kappa shape index (κ2) is 8.16. The third-order valence-corrected chi connectivity index (χ3v) is 4.71. The maximum atomic E-state index is 12.1.